The van der Waals surface area contributed by atoms with Crippen LogP contribution in [-0.4, -0.2) is 76.2 Å². The number of nitrogens with one attached hydrogen (secondary N) is 4. The van der Waals surface area contributed by atoms with E-state index in [4.69, 9.17) is 14.9 Å². The first-order valence-electron chi connectivity index (χ1n) is 12.9. The number of hydrogen-bond donors (Lipinski definition) is 7. The summed E-state index contributed by atoms with van der Waals surface area (Å²) >= 11 is 3.84. The van der Waals surface area contributed by atoms with Crippen molar-refractivity contribution in [1.29, 1.82) is 0 Å². The minimum Gasteiger partial charge on any atom is -0.481 e. The third-order valence-electron chi connectivity index (χ3n) is 5.80. The lowest BCUT2D eigenvalue weighted by atomic mass is 10.0. The Morgan fingerprint density at radius 1 is 0.857 bits per heavy atom. The van der Waals surface area contributed by atoms with Crippen molar-refractivity contribution in [2.24, 2.45) is 0 Å². The monoisotopic (exact) mass is 602 g/mol. The van der Waals surface area contributed by atoms with Gasteiger partial charge in [-0.15, -0.1) is 0 Å². The predicted molar refractivity (Wildman–Crippen MR) is 154 cm³/mol. The molecule has 0 aromatic heterocycles. The van der Waals surface area contributed by atoms with Gasteiger partial charge in [0.1, 0.15) is 29.6 Å². The van der Waals surface area contributed by atoms with Crippen LogP contribution in [-0.2, 0) is 35.2 Å². The van der Waals surface area contributed by atoms with Crippen molar-refractivity contribution in [2.75, 3.05) is 12.3 Å². The second-order valence-electron chi connectivity index (χ2n) is 9.37. The molecule has 0 aliphatic carbocycles. The lowest BCUT2D eigenvalue weighted by molar-refractivity contribution is -0.141. The van der Waals surface area contributed by atoms with E-state index < -0.39 is 66.7 Å². The van der Waals surface area contributed by atoms with Crippen molar-refractivity contribution >= 4 is 48.2 Å². The number of carbonyl (C=O) groups excluding carboxylic acids is 4. The van der Waals surface area contributed by atoms with Gasteiger partial charge in [-0.05, 0) is 48.7 Å². The van der Waals surface area contributed by atoms with E-state index in [-0.39, 0.29) is 18.6 Å². The molecule has 0 heterocycles. The van der Waals surface area contributed by atoms with Gasteiger partial charge in [-0.1, -0.05) is 24.3 Å². The van der Waals surface area contributed by atoms with Crippen molar-refractivity contribution in [2.45, 2.75) is 51.2 Å². The Morgan fingerprint density at radius 3 is 2.12 bits per heavy atom. The number of aryl methyl sites for hydroxylation is 1. The van der Waals surface area contributed by atoms with E-state index in [9.17, 15) is 28.8 Å². The van der Waals surface area contributed by atoms with Crippen LogP contribution in [0.1, 0.15) is 30.9 Å². The number of carboxylic acids is 2. The van der Waals surface area contributed by atoms with Crippen LogP contribution < -0.4 is 26.0 Å². The number of carbonyl (C=O) groups is 6. The first kappa shape index (κ1) is 33.6. The molecule has 14 heteroatoms. The SMILES string of the molecule is CC(=O)N[C@@H](Cc1ccc(Oc2cccc(C)c2)cc1)C(=O)NC(CCC(=O)O)C(=O)NCC(=O)N[C@@H](CS)C(=O)O. The molecule has 0 bridgehead atoms. The molecule has 4 amide bonds. The van der Waals surface area contributed by atoms with Crippen LogP contribution in [0.15, 0.2) is 48.5 Å². The Hall–Kier alpha value is -4.59. The average Bonchev–Trinajstić information content (AvgIpc) is 2.92. The Kier molecular flexibility index (Phi) is 13.3. The molecule has 2 aromatic rings. The highest BCUT2D eigenvalue weighted by molar-refractivity contribution is 7.80. The van der Waals surface area contributed by atoms with Crippen LogP contribution in [0.25, 0.3) is 0 Å². The van der Waals surface area contributed by atoms with E-state index in [1.807, 2.05) is 31.2 Å². The quantitative estimate of drug-likeness (QED) is 0.136. The molecule has 226 valence electrons. The molecule has 6 N–H and O–H groups in total. The first-order chi connectivity index (χ1) is 19.9. The van der Waals surface area contributed by atoms with Gasteiger partial charge < -0.3 is 36.2 Å². The lowest BCUT2D eigenvalue weighted by Crippen LogP contribution is -2.55. The normalized spacial score (nSPS) is 12.6. The van der Waals surface area contributed by atoms with Gasteiger partial charge in [0.2, 0.25) is 23.6 Å². The van der Waals surface area contributed by atoms with Gasteiger partial charge >= 0.3 is 11.9 Å². The van der Waals surface area contributed by atoms with Crippen molar-refractivity contribution in [3.05, 3.63) is 59.7 Å². The number of benzene rings is 2. The molecule has 2 rings (SSSR count). The van der Waals surface area contributed by atoms with Gasteiger partial charge in [-0.25, -0.2) is 4.79 Å². The minimum atomic E-state index is -1.36. The number of hydrogen-bond acceptors (Lipinski definition) is 8. The topological polar surface area (TPSA) is 200 Å². The summed E-state index contributed by atoms with van der Waals surface area (Å²) in [5, 5.41) is 27.5. The van der Waals surface area contributed by atoms with Crippen LogP contribution >= 0.6 is 12.6 Å². The predicted octanol–water partition coefficient (Wildman–Crippen LogP) is 0.800. The Bertz CT molecular complexity index is 1290. The molecular weight excluding hydrogens is 568 g/mol. The molecule has 0 saturated carbocycles. The summed E-state index contributed by atoms with van der Waals surface area (Å²) in [5.74, 6) is -4.43. The first-order valence-corrected chi connectivity index (χ1v) is 13.5. The summed E-state index contributed by atoms with van der Waals surface area (Å²) in [7, 11) is 0. The van der Waals surface area contributed by atoms with Crippen LogP contribution in [0, 0.1) is 6.92 Å². The maximum Gasteiger partial charge on any atom is 0.327 e. The van der Waals surface area contributed by atoms with Crippen molar-refractivity contribution < 1.29 is 43.7 Å². The summed E-state index contributed by atoms with van der Waals surface area (Å²) in [4.78, 5) is 72.0. The van der Waals surface area contributed by atoms with Gasteiger partial charge in [0, 0.05) is 25.5 Å². The summed E-state index contributed by atoms with van der Waals surface area (Å²) in [6.45, 7) is 2.54. The molecule has 0 aliphatic heterocycles. The van der Waals surface area contributed by atoms with E-state index >= 15 is 0 Å². The van der Waals surface area contributed by atoms with Gasteiger partial charge in [0.05, 0.1) is 6.54 Å². The second kappa shape index (κ2) is 16.6. The molecule has 3 atom stereocenters. The molecule has 0 spiro atoms. The molecule has 0 aliphatic rings. The molecule has 13 nitrogen and oxygen atoms in total. The van der Waals surface area contributed by atoms with Gasteiger partial charge in [0.15, 0.2) is 0 Å². The van der Waals surface area contributed by atoms with E-state index in [0.29, 0.717) is 17.1 Å². The van der Waals surface area contributed by atoms with E-state index in [0.717, 1.165) is 5.56 Å². The second-order valence-corrected chi connectivity index (χ2v) is 9.74. The fourth-order valence-corrected chi connectivity index (χ4v) is 3.98. The number of aliphatic carboxylic acids is 2. The van der Waals surface area contributed by atoms with Crippen LogP contribution in [0.3, 0.4) is 0 Å². The number of thiol groups is 1. The molecule has 42 heavy (non-hydrogen) atoms. The van der Waals surface area contributed by atoms with Gasteiger partial charge in [-0.2, -0.15) is 12.6 Å². The van der Waals surface area contributed by atoms with Crippen LogP contribution in [0.2, 0.25) is 0 Å². The smallest absolute Gasteiger partial charge is 0.327 e. The maximum atomic E-state index is 13.1. The minimum absolute atomic E-state index is 0.0477. The highest BCUT2D eigenvalue weighted by Crippen LogP contribution is 2.23. The van der Waals surface area contributed by atoms with Crippen LogP contribution in [0.4, 0.5) is 0 Å². The zero-order valence-electron chi connectivity index (χ0n) is 23.1. The summed E-state index contributed by atoms with van der Waals surface area (Å²) in [6, 6.07) is 10.6. The number of rotatable bonds is 16. The average molecular weight is 603 g/mol. The van der Waals surface area contributed by atoms with E-state index in [2.05, 4.69) is 33.9 Å². The maximum absolute atomic E-state index is 13.1. The molecule has 0 saturated heterocycles. The van der Waals surface area contributed by atoms with Crippen molar-refractivity contribution in [3.63, 3.8) is 0 Å². The Morgan fingerprint density at radius 2 is 1.55 bits per heavy atom. The summed E-state index contributed by atoms with van der Waals surface area (Å²) < 4.78 is 5.83. The summed E-state index contributed by atoms with van der Waals surface area (Å²) in [5.41, 5.74) is 1.70. The molecular formula is C28H34N4O9S. The Labute approximate surface area is 247 Å². The largest absolute Gasteiger partial charge is 0.481 e. The lowest BCUT2D eigenvalue weighted by Gasteiger charge is -2.23. The fourth-order valence-electron chi connectivity index (χ4n) is 3.73. The molecule has 1 unspecified atom stereocenters. The molecule has 0 radical (unpaired) electrons. The van der Waals surface area contributed by atoms with Crippen molar-refractivity contribution in [1.82, 2.24) is 21.3 Å². The molecule has 2 aromatic carbocycles. The number of carboxylic acid groups (broad SMARTS) is 2. The number of ether oxygens (including phenoxy) is 1. The van der Waals surface area contributed by atoms with Gasteiger partial charge in [0.25, 0.3) is 0 Å². The Balaban J connectivity index is 2.08. The van der Waals surface area contributed by atoms with Gasteiger partial charge in [-0.3, -0.25) is 24.0 Å². The highest BCUT2D eigenvalue weighted by Gasteiger charge is 2.28. The zero-order valence-corrected chi connectivity index (χ0v) is 24.0. The zero-order chi connectivity index (χ0) is 31.2. The van der Waals surface area contributed by atoms with E-state index in [1.54, 1.807) is 24.3 Å². The summed E-state index contributed by atoms with van der Waals surface area (Å²) in [6.07, 6.45) is -0.731. The van der Waals surface area contributed by atoms with Crippen molar-refractivity contribution in [3.8, 4) is 11.5 Å². The van der Waals surface area contributed by atoms with E-state index in [1.165, 1.54) is 6.92 Å². The number of amides is 4. The van der Waals surface area contributed by atoms with Crippen LogP contribution in [0.5, 0.6) is 11.5 Å². The highest BCUT2D eigenvalue weighted by atomic mass is 32.1. The third-order valence-corrected chi connectivity index (χ3v) is 6.17. The third kappa shape index (κ3) is 11.9. The fraction of sp³-hybridized carbons (Fsp3) is 0.357. The molecule has 0 fully saturated rings. The standard InChI is InChI=1S/C28H34N4O9S/c1-16-4-3-5-20(12-16)41-19-8-6-18(7-9-19)13-22(30-17(2)33)27(38)32-21(10-11-25(35)36)26(37)29-14-24(34)31-23(15-42)28(39)40/h3-9,12,21-23,42H,10-11,13-15H2,1-2H3,(H,29,37)(H,30,33)(H,31,34)(H,32,38)(H,35,36)(H,39,40)/t21?,22-,23-/m0/s1.